The average molecular weight is 228 g/mol. The van der Waals surface area contributed by atoms with Crippen LogP contribution in [0.5, 0.6) is 0 Å². The second-order valence-corrected chi connectivity index (χ2v) is 2.86. The van der Waals surface area contributed by atoms with Crippen molar-refractivity contribution in [2.24, 2.45) is 5.73 Å². The van der Waals surface area contributed by atoms with Gasteiger partial charge in [0.05, 0.1) is 13.2 Å². The highest BCUT2D eigenvalue weighted by Gasteiger charge is 2.25. The Balaban J connectivity index is 0. The minimum atomic E-state index is -1.49. The summed E-state index contributed by atoms with van der Waals surface area (Å²) in [4.78, 5) is 19.6. The normalized spacial score (nSPS) is 13.2. The maximum absolute atomic E-state index is 9.97. The SMILES string of the molecule is CC(N)(CO)C(=O)O.CCOC(=O)Cl. The molecule has 0 amide bonds. The number of ether oxygens (including phenoxy) is 1. The van der Waals surface area contributed by atoms with Gasteiger partial charge in [-0.1, -0.05) is 0 Å². The van der Waals surface area contributed by atoms with Gasteiger partial charge in [-0.25, -0.2) is 4.79 Å². The molecule has 6 nitrogen and oxygen atoms in total. The number of hydrogen-bond acceptors (Lipinski definition) is 5. The molecule has 0 aliphatic carbocycles. The fourth-order valence-corrected chi connectivity index (χ4v) is 0.290. The number of aliphatic hydroxyl groups excluding tert-OH is 1. The van der Waals surface area contributed by atoms with E-state index in [0.717, 1.165) is 0 Å². The molecule has 0 spiro atoms. The lowest BCUT2D eigenvalue weighted by molar-refractivity contribution is -0.144. The average Bonchev–Trinajstić information content (AvgIpc) is 2.05. The van der Waals surface area contributed by atoms with E-state index in [2.05, 4.69) is 4.74 Å². The van der Waals surface area contributed by atoms with Crippen LogP contribution in [0.4, 0.5) is 4.79 Å². The van der Waals surface area contributed by atoms with E-state index in [1.807, 2.05) is 0 Å². The van der Waals surface area contributed by atoms with Crippen molar-refractivity contribution in [3.63, 3.8) is 0 Å². The molecular formula is C7H14ClNO5. The van der Waals surface area contributed by atoms with Crippen LogP contribution in [-0.4, -0.2) is 40.4 Å². The maximum atomic E-state index is 9.97. The number of nitrogens with two attached hydrogens (primary N) is 1. The summed E-state index contributed by atoms with van der Waals surface area (Å²) in [6.45, 7) is 2.75. The highest BCUT2D eigenvalue weighted by molar-refractivity contribution is 6.61. The number of halogens is 1. The van der Waals surface area contributed by atoms with Crippen molar-refractivity contribution >= 4 is 23.0 Å². The molecule has 0 aromatic carbocycles. The van der Waals surface area contributed by atoms with Crippen molar-refractivity contribution in [1.82, 2.24) is 0 Å². The molecule has 14 heavy (non-hydrogen) atoms. The molecule has 0 saturated heterocycles. The third kappa shape index (κ3) is 9.24. The molecule has 0 bridgehead atoms. The van der Waals surface area contributed by atoms with Crippen LogP contribution < -0.4 is 5.73 Å². The Morgan fingerprint density at radius 1 is 1.57 bits per heavy atom. The summed E-state index contributed by atoms with van der Waals surface area (Å²) < 4.78 is 4.17. The molecule has 0 aliphatic heterocycles. The smallest absolute Gasteiger partial charge is 0.403 e. The van der Waals surface area contributed by atoms with E-state index in [9.17, 15) is 9.59 Å². The molecule has 0 radical (unpaired) electrons. The summed E-state index contributed by atoms with van der Waals surface area (Å²) >= 11 is 4.72. The first-order valence-electron chi connectivity index (χ1n) is 3.73. The van der Waals surface area contributed by atoms with Gasteiger partial charge < -0.3 is 20.7 Å². The topological polar surface area (TPSA) is 110 Å². The van der Waals surface area contributed by atoms with Crippen LogP contribution in [0.1, 0.15) is 13.8 Å². The second-order valence-electron chi connectivity index (χ2n) is 2.55. The zero-order valence-corrected chi connectivity index (χ0v) is 8.74. The van der Waals surface area contributed by atoms with Gasteiger partial charge in [-0.05, 0) is 13.8 Å². The summed E-state index contributed by atoms with van der Waals surface area (Å²) in [5.74, 6) is -1.19. The van der Waals surface area contributed by atoms with Crippen molar-refractivity contribution in [3.05, 3.63) is 0 Å². The van der Waals surface area contributed by atoms with Crippen molar-refractivity contribution in [1.29, 1.82) is 0 Å². The first kappa shape index (κ1) is 15.6. The molecule has 1 unspecified atom stereocenters. The predicted molar refractivity (Wildman–Crippen MR) is 50.2 cm³/mol. The molecule has 1 atom stereocenters. The van der Waals surface area contributed by atoms with E-state index >= 15 is 0 Å². The van der Waals surface area contributed by atoms with Gasteiger partial charge in [0, 0.05) is 11.6 Å². The monoisotopic (exact) mass is 227 g/mol. The van der Waals surface area contributed by atoms with Crippen LogP contribution in [-0.2, 0) is 9.53 Å². The zero-order valence-electron chi connectivity index (χ0n) is 7.99. The van der Waals surface area contributed by atoms with Gasteiger partial charge in [0.25, 0.3) is 0 Å². The van der Waals surface area contributed by atoms with E-state index in [4.69, 9.17) is 27.5 Å². The van der Waals surface area contributed by atoms with Crippen LogP contribution in [0, 0.1) is 0 Å². The molecule has 0 rings (SSSR count). The number of carbonyl (C=O) groups excluding carboxylic acids is 1. The van der Waals surface area contributed by atoms with Crippen LogP contribution in [0.25, 0.3) is 0 Å². The van der Waals surface area contributed by atoms with Gasteiger partial charge in [-0.15, -0.1) is 0 Å². The molecular weight excluding hydrogens is 214 g/mol. The lowest BCUT2D eigenvalue weighted by atomic mass is 10.1. The predicted octanol–water partition coefficient (Wildman–Crippen LogP) is 0.162. The van der Waals surface area contributed by atoms with E-state index in [1.165, 1.54) is 6.92 Å². The Hall–Kier alpha value is -0.850. The van der Waals surface area contributed by atoms with E-state index in [1.54, 1.807) is 6.92 Å². The van der Waals surface area contributed by atoms with Gasteiger partial charge in [0.2, 0.25) is 0 Å². The third-order valence-electron chi connectivity index (χ3n) is 1.07. The highest BCUT2D eigenvalue weighted by Crippen LogP contribution is 1.94. The van der Waals surface area contributed by atoms with Crippen LogP contribution in [0.3, 0.4) is 0 Å². The molecule has 0 fully saturated rings. The van der Waals surface area contributed by atoms with E-state index < -0.39 is 23.5 Å². The summed E-state index contributed by atoms with van der Waals surface area (Å²) in [5, 5.41) is 16.4. The van der Waals surface area contributed by atoms with Crippen LogP contribution in [0.15, 0.2) is 0 Å². The van der Waals surface area contributed by atoms with Gasteiger partial charge in [0.15, 0.2) is 0 Å². The third-order valence-corrected chi connectivity index (χ3v) is 1.18. The summed E-state index contributed by atoms with van der Waals surface area (Å²) in [7, 11) is 0. The molecule has 0 aromatic heterocycles. The fourth-order valence-electron chi connectivity index (χ4n) is 0.181. The first-order chi connectivity index (χ1) is 6.27. The highest BCUT2D eigenvalue weighted by atomic mass is 35.5. The van der Waals surface area contributed by atoms with Gasteiger partial charge in [0.1, 0.15) is 5.54 Å². The lowest BCUT2D eigenvalue weighted by Gasteiger charge is -2.13. The maximum Gasteiger partial charge on any atom is 0.403 e. The molecule has 0 saturated carbocycles. The lowest BCUT2D eigenvalue weighted by Crippen LogP contribution is -2.48. The Labute approximate surface area is 86.6 Å². The van der Waals surface area contributed by atoms with Gasteiger partial charge in [-0.3, -0.25) is 4.79 Å². The number of aliphatic carboxylic acids is 1. The molecule has 0 heterocycles. The number of carboxylic acid groups (broad SMARTS) is 1. The number of aliphatic hydroxyl groups is 1. The molecule has 4 N–H and O–H groups in total. The first-order valence-corrected chi connectivity index (χ1v) is 4.11. The molecule has 0 aromatic rings. The Bertz CT molecular complexity index is 195. The van der Waals surface area contributed by atoms with E-state index in [0.29, 0.717) is 6.61 Å². The Kier molecular flexibility index (Phi) is 8.41. The zero-order chi connectivity index (χ0) is 11.8. The van der Waals surface area contributed by atoms with Gasteiger partial charge >= 0.3 is 11.4 Å². The molecule has 0 aliphatic rings. The Morgan fingerprint density at radius 2 is 2.00 bits per heavy atom. The summed E-state index contributed by atoms with van der Waals surface area (Å²) in [6.07, 6.45) is 0. The number of rotatable bonds is 3. The number of hydrogen-bond donors (Lipinski definition) is 3. The van der Waals surface area contributed by atoms with Gasteiger partial charge in [-0.2, -0.15) is 0 Å². The fraction of sp³-hybridized carbons (Fsp3) is 0.714. The van der Waals surface area contributed by atoms with E-state index in [-0.39, 0.29) is 0 Å². The quantitative estimate of drug-likeness (QED) is 0.593. The standard InChI is InChI=1S/C4H9NO3.C3H5ClO2/c1-4(5,2-6)3(7)8;1-2-6-3(4)5/h6H,2,5H2,1H3,(H,7,8);2H2,1H3. The van der Waals surface area contributed by atoms with Crippen LogP contribution >= 0.6 is 11.6 Å². The Morgan fingerprint density at radius 3 is 2.00 bits per heavy atom. The minimum Gasteiger partial charge on any atom is -0.480 e. The van der Waals surface area contributed by atoms with Crippen molar-refractivity contribution < 1.29 is 24.5 Å². The second kappa shape index (κ2) is 7.54. The molecule has 7 heteroatoms. The largest absolute Gasteiger partial charge is 0.480 e. The van der Waals surface area contributed by atoms with Crippen LogP contribution in [0.2, 0.25) is 0 Å². The van der Waals surface area contributed by atoms with Crippen molar-refractivity contribution in [3.8, 4) is 0 Å². The number of carboxylic acids is 1. The minimum absolute atomic E-state index is 0.350. The number of carbonyl (C=O) groups is 2. The van der Waals surface area contributed by atoms with Crippen molar-refractivity contribution in [2.45, 2.75) is 19.4 Å². The molecule has 84 valence electrons. The summed E-state index contributed by atoms with van der Waals surface area (Å²) in [5.41, 5.74) is 2.78. The van der Waals surface area contributed by atoms with Crippen molar-refractivity contribution in [2.75, 3.05) is 13.2 Å². The summed E-state index contributed by atoms with van der Waals surface area (Å²) in [6, 6.07) is 0.